The molecule has 0 fully saturated rings. The Morgan fingerprint density at radius 3 is 0.922 bits per heavy atom. The molecule has 0 saturated heterocycles. The Labute approximate surface area is 338 Å². The molecule has 0 radical (unpaired) electrons. The molecule has 0 aliphatic rings. The van der Waals surface area contributed by atoms with E-state index in [1.54, 1.807) is 0 Å². The summed E-state index contributed by atoms with van der Waals surface area (Å²) in [6, 6.07) is 0. The molecule has 0 heterocycles. The fourth-order valence-corrected chi connectivity index (χ4v) is 7.26. The number of carbonyl (C=O) groups excluding carboxylic acids is 2. The van der Waals surface area contributed by atoms with Crippen LogP contribution in [0.25, 0.3) is 0 Å². The molecule has 0 aromatic carbocycles. The number of rotatable bonds is 40. The molecule has 9 heteroatoms. The van der Waals surface area contributed by atoms with Gasteiger partial charge in [0.2, 0.25) is 0 Å². The summed E-state index contributed by atoms with van der Waals surface area (Å²) in [7, 11) is -5.02. The Kier molecular flexibility index (Phi) is 42.6. The van der Waals surface area contributed by atoms with Gasteiger partial charge in [-0.2, -0.15) is 0 Å². The van der Waals surface area contributed by atoms with Crippen molar-refractivity contribution in [1.82, 2.24) is 0 Å². The van der Waals surface area contributed by atoms with E-state index in [-0.39, 0.29) is 42.8 Å². The summed E-state index contributed by atoms with van der Waals surface area (Å²) in [5, 5.41) is -2.05. The van der Waals surface area contributed by atoms with E-state index in [0.717, 1.165) is 38.5 Å². The van der Waals surface area contributed by atoms with Crippen LogP contribution in [0.5, 0.6) is 0 Å². The van der Waals surface area contributed by atoms with Crippen LogP contribution in [0.4, 0.5) is 0 Å². The van der Waals surface area contributed by atoms with Gasteiger partial charge in [-0.3, -0.25) is 9.59 Å². The monoisotopic (exact) mass is 753 g/mol. The van der Waals surface area contributed by atoms with Gasteiger partial charge in [0.15, 0.2) is 5.25 Å². The number of unbranched alkanes of at least 4 members (excludes halogenated alkanes) is 32. The molecule has 298 valence electrons. The molecule has 0 aromatic rings. The average Bonchev–Trinajstić information content (AvgIpc) is 3.09. The first kappa shape index (κ1) is 53.0. The van der Waals surface area contributed by atoms with Gasteiger partial charge in [0.1, 0.15) is 10.1 Å². The molecule has 0 saturated carbocycles. The van der Waals surface area contributed by atoms with Gasteiger partial charge in [-0.05, 0) is 12.8 Å². The third kappa shape index (κ3) is 39.4. The minimum absolute atomic E-state index is 0. The number of esters is 2. The van der Waals surface area contributed by atoms with E-state index in [1.165, 1.54) is 167 Å². The molecule has 51 heavy (non-hydrogen) atoms. The van der Waals surface area contributed by atoms with Gasteiger partial charge >= 0.3 is 41.5 Å². The zero-order valence-electron chi connectivity index (χ0n) is 34.0. The molecule has 0 aliphatic heterocycles. The van der Waals surface area contributed by atoms with Crippen LogP contribution in [-0.2, 0) is 29.2 Å². The van der Waals surface area contributed by atoms with Crippen molar-refractivity contribution in [1.29, 1.82) is 0 Å². The molecule has 0 amide bonds. The third-order valence-corrected chi connectivity index (χ3v) is 11.0. The van der Waals surface area contributed by atoms with Crippen LogP contribution in [0.2, 0.25) is 0 Å². The van der Waals surface area contributed by atoms with E-state index in [4.69, 9.17) is 9.47 Å². The Balaban J connectivity index is 0. The number of hydrogen-bond acceptors (Lipinski definition) is 7. The Morgan fingerprint density at radius 1 is 0.431 bits per heavy atom. The minimum atomic E-state index is -5.02. The van der Waals surface area contributed by atoms with Gasteiger partial charge in [0.25, 0.3) is 0 Å². The van der Waals surface area contributed by atoms with E-state index in [9.17, 15) is 22.6 Å². The normalized spacial score (nSPS) is 12.1. The quantitative estimate of drug-likeness (QED) is 0.0265. The Morgan fingerprint density at radius 2 is 0.667 bits per heavy atom. The molecular weight excluding hydrogens is 672 g/mol. The first-order valence-electron chi connectivity index (χ1n) is 21.6. The Hall–Kier alpha value is -0.150. The fraction of sp³-hybridized carbons (Fsp3) is 0.952. The Bertz CT molecular complexity index is 852. The fourth-order valence-electron chi connectivity index (χ4n) is 6.62. The van der Waals surface area contributed by atoms with Crippen LogP contribution in [0.1, 0.15) is 239 Å². The summed E-state index contributed by atoms with van der Waals surface area (Å²) in [6.07, 6.45) is 41.7. The molecular formula is C42H81NaO7S. The first-order valence-corrected chi connectivity index (χ1v) is 23.1. The van der Waals surface area contributed by atoms with Crippen molar-refractivity contribution in [2.24, 2.45) is 0 Å². The van der Waals surface area contributed by atoms with Gasteiger partial charge in [-0.15, -0.1) is 0 Å². The van der Waals surface area contributed by atoms with E-state index in [0.29, 0.717) is 12.8 Å². The molecule has 0 aliphatic carbocycles. The van der Waals surface area contributed by atoms with E-state index in [2.05, 4.69) is 13.8 Å². The van der Waals surface area contributed by atoms with Crippen molar-refractivity contribution < 1.29 is 61.6 Å². The van der Waals surface area contributed by atoms with Gasteiger partial charge in [0.05, 0.1) is 19.6 Å². The molecule has 0 bridgehead atoms. The third-order valence-electron chi connectivity index (χ3n) is 9.97. The van der Waals surface area contributed by atoms with Gasteiger partial charge in [0, 0.05) is 0 Å². The van der Waals surface area contributed by atoms with Crippen LogP contribution in [0, 0.1) is 0 Å². The second kappa shape index (κ2) is 41.0. The second-order valence-electron chi connectivity index (χ2n) is 14.9. The maximum absolute atomic E-state index is 12.3. The standard InChI is InChI=1S/C42H82O7S.Na/c1-3-5-7-9-11-13-15-17-19-21-22-24-26-28-30-32-34-36-38-49-42(44)40(50(45,46)47)39-41(43)48-37-35-33-31-29-27-25-23-20-18-16-14-12-10-8-6-4-2;/h40H,3-39H2,1-2H3,(H,45,46,47);/q;+1/p-1. The summed E-state index contributed by atoms with van der Waals surface area (Å²) in [5.74, 6) is -1.99. The largest absolute Gasteiger partial charge is 1.00 e. The van der Waals surface area contributed by atoms with Crippen molar-refractivity contribution in [3.05, 3.63) is 0 Å². The maximum atomic E-state index is 12.3. The summed E-state index contributed by atoms with van der Waals surface area (Å²) in [6.45, 7) is 4.74. The molecule has 1 atom stereocenters. The zero-order chi connectivity index (χ0) is 36.8. The topological polar surface area (TPSA) is 110 Å². The van der Waals surface area contributed by atoms with Crippen LogP contribution in [0.3, 0.4) is 0 Å². The van der Waals surface area contributed by atoms with E-state index < -0.39 is 33.7 Å². The van der Waals surface area contributed by atoms with Crippen LogP contribution < -0.4 is 29.6 Å². The molecule has 1 unspecified atom stereocenters. The smallest absolute Gasteiger partial charge is 0.747 e. The number of carbonyl (C=O) groups is 2. The van der Waals surface area contributed by atoms with Crippen molar-refractivity contribution >= 4 is 22.1 Å². The van der Waals surface area contributed by atoms with Gasteiger partial charge in [-0.25, -0.2) is 8.42 Å². The summed E-state index contributed by atoms with van der Waals surface area (Å²) >= 11 is 0. The molecule has 0 spiro atoms. The van der Waals surface area contributed by atoms with Crippen molar-refractivity contribution in [3.8, 4) is 0 Å². The maximum Gasteiger partial charge on any atom is 1.00 e. The summed E-state index contributed by atoms with van der Waals surface area (Å²) < 4.78 is 45.2. The first-order chi connectivity index (χ1) is 24.3. The molecule has 0 rings (SSSR count). The van der Waals surface area contributed by atoms with Crippen LogP contribution in [0.15, 0.2) is 0 Å². The van der Waals surface area contributed by atoms with E-state index >= 15 is 0 Å². The SMILES string of the molecule is CCCCCCCCCCCCCCCCCCCCOC(=O)C(CC(=O)OCCCCCCCCCCCCCCCCCC)S(=O)(=O)[O-].[Na+]. The van der Waals surface area contributed by atoms with Crippen molar-refractivity contribution in [2.75, 3.05) is 13.2 Å². The second-order valence-corrected chi connectivity index (χ2v) is 16.4. The number of hydrogen-bond donors (Lipinski definition) is 0. The minimum Gasteiger partial charge on any atom is -0.747 e. The predicted molar refractivity (Wildman–Crippen MR) is 208 cm³/mol. The van der Waals surface area contributed by atoms with Gasteiger partial charge < -0.3 is 14.0 Å². The van der Waals surface area contributed by atoms with Crippen molar-refractivity contribution in [3.63, 3.8) is 0 Å². The summed E-state index contributed by atoms with van der Waals surface area (Å²) in [5.41, 5.74) is 0. The van der Waals surface area contributed by atoms with Crippen LogP contribution in [-0.4, -0.2) is 43.4 Å². The zero-order valence-corrected chi connectivity index (χ0v) is 36.8. The van der Waals surface area contributed by atoms with Crippen molar-refractivity contribution in [2.45, 2.75) is 244 Å². The predicted octanol–water partition coefficient (Wildman–Crippen LogP) is 9.68. The average molecular weight is 753 g/mol. The van der Waals surface area contributed by atoms with Crippen LogP contribution >= 0.6 is 0 Å². The molecule has 7 nitrogen and oxygen atoms in total. The van der Waals surface area contributed by atoms with E-state index in [1.807, 2.05) is 0 Å². The van der Waals surface area contributed by atoms with Gasteiger partial charge in [-0.1, -0.05) is 219 Å². The number of ether oxygens (including phenoxy) is 2. The molecule has 0 N–H and O–H groups in total. The summed E-state index contributed by atoms with van der Waals surface area (Å²) in [4.78, 5) is 24.5. The molecule has 0 aromatic heterocycles.